The molecule has 0 bridgehead atoms. The standard InChI is InChI=1S/C12H22N2O/c15-9-2-5-11-4-1-7-14-8-3-6-13-12(14)10-11/h1,7,11-13,15H,2-6,8-10H2. The Balaban J connectivity index is 1.88. The summed E-state index contributed by atoms with van der Waals surface area (Å²) < 4.78 is 0. The van der Waals surface area contributed by atoms with Crippen LogP contribution in [0.2, 0.25) is 0 Å². The molecule has 2 atom stereocenters. The van der Waals surface area contributed by atoms with Gasteiger partial charge in [-0.3, -0.25) is 5.32 Å². The number of nitrogens with one attached hydrogen (secondary N) is 1. The van der Waals surface area contributed by atoms with E-state index in [1.807, 2.05) is 0 Å². The average molecular weight is 210 g/mol. The van der Waals surface area contributed by atoms with Crippen molar-refractivity contribution >= 4 is 0 Å². The maximum atomic E-state index is 8.86. The van der Waals surface area contributed by atoms with Crippen LogP contribution >= 0.6 is 0 Å². The van der Waals surface area contributed by atoms with Gasteiger partial charge in [0.05, 0.1) is 6.17 Å². The molecule has 2 unspecified atom stereocenters. The average Bonchev–Trinajstić information content (AvgIpc) is 2.47. The van der Waals surface area contributed by atoms with E-state index in [-0.39, 0.29) is 0 Å². The monoisotopic (exact) mass is 210 g/mol. The molecule has 0 aliphatic carbocycles. The molecule has 0 radical (unpaired) electrons. The van der Waals surface area contributed by atoms with E-state index in [0.717, 1.165) is 25.3 Å². The van der Waals surface area contributed by atoms with Gasteiger partial charge in [0.15, 0.2) is 0 Å². The fourth-order valence-corrected chi connectivity index (χ4v) is 2.62. The molecule has 0 spiro atoms. The summed E-state index contributed by atoms with van der Waals surface area (Å²) in [5.41, 5.74) is 0. The van der Waals surface area contributed by atoms with Crippen molar-refractivity contribution in [3.8, 4) is 0 Å². The predicted molar refractivity (Wildman–Crippen MR) is 61.3 cm³/mol. The maximum Gasteiger partial charge on any atom is 0.0792 e. The molecule has 1 fully saturated rings. The molecular formula is C12H22N2O. The summed E-state index contributed by atoms with van der Waals surface area (Å²) >= 11 is 0. The number of rotatable bonds is 3. The van der Waals surface area contributed by atoms with Gasteiger partial charge in [-0.15, -0.1) is 0 Å². The first-order chi connectivity index (χ1) is 7.40. The first kappa shape index (κ1) is 11.0. The van der Waals surface area contributed by atoms with Crippen molar-refractivity contribution in [3.63, 3.8) is 0 Å². The zero-order valence-electron chi connectivity index (χ0n) is 9.36. The van der Waals surface area contributed by atoms with E-state index in [1.165, 1.54) is 25.8 Å². The van der Waals surface area contributed by atoms with Crippen molar-refractivity contribution in [1.29, 1.82) is 0 Å². The molecular weight excluding hydrogens is 188 g/mol. The molecule has 0 amide bonds. The second kappa shape index (κ2) is 5.52. The Kier molecular flexibility index (Phi) is 4.03. The molecule has 2 N–H and O–H groups in total. The van der Waals surface area contributed by atoms with Gasteiger partial charge in [-0.05, 0) is 50.8 Å². The van der Waals surface area contributed by atoms with Crippen LogP contribution in [-0.2, 0) is 0 Å². The van der Waals surface area contributed by atoms with Crippen LogP contribution in [0, 0.1) is 5.92 Å². The Labute approximate surface area is 92.2 Å². The van der Waals surface area contributed by atoms with Crippen molar-refractivity contribution in [2.75, 3.05) is 19.7 Å². The summed E-state index contributed by atoms with van der Waals surface area (Å²) in [7, 11) is 0. The summed E-state index contributed by atoms with van der Waals surface area (Å²) in [4.78, 5) is 2.43. The van der Waals surface area contributed by atoms with Crippen LogP contribution in [-0.4, -0.2) is 35.9 Å². The molecule has 2 heterocycles. The molecule has 2 aliphatic heterocycles. The Morgan fingerprint density at radius 2 is 2.40 bits per heavy atom. The summed E-state index contributed by atoms with van der Waals surface area (Å²) in [6.07, 6.45) is 10.9. The van der Waals surface area contributed by atoms with E-state index in [2.05, 4.69) is 22.5 Å². The van der Waals surface area contributed by atoms with Crippen molar-refractivity contribution in [1.82, 2.24) is 10.2 Å². The van der Waals surface area contributed by atoms with Gasteiger partial charge in [0.25, 0.3) is 0 Å². The number of aliphatic hydroxyl groups is 1. The largest absolute Gasteiger partial charge is 0.396 e. The maximum absolute atomic E-state index is 8.86. The van der Waals surface area contributed by atoms with Gasteiger partial charge in [-0.2, -0.15) is 0 Å². The van der Waals surface area contributed by atoms with Crippen LogP contribution in [0.15, 0.2) is 12.3 Å². The SMILES string of the molecule is OCCCC1CC=CN2CCCNC2C1. The number of hydrogen-bond acceptors (Lipinski definition) is 3. The topological polar surface area (TPSA) is 35.5 Å². The molecule has 0 aromatic heterocycles. The minimum absolute atomic E-state index is 0.335. The van der Waals surface area contributed by atoms with E-state index in [4.69, 9.17) is 5.11 Å². The van der Waals surface area contributed by atoms with Crippen LogP contribution in [0.25, 0.3) is 0 Å². The van der Waals surface area contributed by atoms with E-state index >= 15 is 0 Å². The highest BCUT2D eigenvalue weighted by Gasteiger charge is 2.24. The highest BCUT2D eigenvalue weighted by atomic mass is 16.2. The Morgan fingerprint density at radius 1 is 1.47 bits per heavy atom. The van der Waals surface area contributed by atoms with Gasteiger partial charge in [-0.1, -0.05) is 6.08 Å². The molecule has 86 valence electrons. The third kappa shape index (κ3) is 2.95. The first-order valence-corrected chi connectivity index (χ1v) is 6.17. The molecule has 0 saturated carbocycles. The highest BCUT2D eigenvalue weighted by Crippen LogP contribution is 2.24. The summed E-state index contributed by atoms with van der Waals surface area (Å²) in [6, 6.07) is 0. The molecule has 15 heavy (non-hydrogen) atoms. The zero-order chi connectivity index (χ0) is 10.5. The van der Waals surface area contributed by atoms with E-state index in [9.17, 15) is 0 Å². The van der Waals surface area contributed by atoms with Gasteiger partial charge in [-0.25, -0.2) is 0 Å². The van der Waals surface area contributed by atoms with Crippen LogP contribution in [0.4, 0.5) is 0 Å². The Bertz CT molecular complexity index is 218. The van der Waals surface area contributed by atoms with E-state index in [1.54, 1.807) is 0 Å². The minimum Gasteiger partial charge on any atom is -0.396 e. The molecule has 3 nitrogen and oxygen atoms in total. The van der Waals surface area contributed by atoms with E-state index in [0.29, 0.717) is 12.8 Å². The second-order valence-corrected chi connectivity index (χ2v) is 4.65. The second-order valence-electron chi connectivity index (χ2n) is 4.65. The zero-order valence-corrected chi connectivity index (χ0v) is 9.36. The lowest BCUT2D eigenvalue weighted by molar-refractivity contribution is 0.163. The highest BCUT2D eigenvalue weighted by molar-refractivity contribution is 4.94. The summed E-state index contributed by atoms with van der Waals surface area (Å²) in [5, 5.41) is 12.4. The van der Waals surface area contributed by atoms with Crippen molar-refractivity contribution in [3.05, 3.63) is 12.3 Å². The lowest BCUT2D eigenvalue weighted by atomic mass is 9.94. The fraction of sp³-hybridized carbons (Fsp3) is 0.833. The lowest BCUT2D eigenvalue weighted by Gasteiger charge is -2.36. The van der Waals surface area contributed by atoms with E-state index < -0.39 is 0 Å². The predicted octanol–water partition coefficient (Wildman–Crippen LogP) is 1.30. The van der Waals surface area contributed by atoms with Crippen LogP contribution in [0.3, 0.4) is 0 Å². The smallest absolute Gasteiger partial charge is 0.0792 e. The Hall–Kier alpha value is -0.540. The lowest BCUT2D eigenvalue weighted by Crippen LogP contribution is -2.48. The molecule has 0 aromatic carbocycles. The molecule has 3 heteroatoms. The van der Waals surface area contributed by atoms with Gasteiger partial charge in [0.2, 0.25) is 0 Å². The van der Waals surface area contributed by atoms with Crippen molar-refractivity contribution in [2.24, 2.45) is 5.92 Å². The number of aliphatic hydroxyl groups excluding tert-OH is 1. The van der Waals surface area contributed by atoms with Crippen LogP contribution in [0.1, 0.15) is 32.1 Å². The summed E-state index contributed by atoms with van der Waals surface area (Å²) in [5.74, 6) is 0.744. The fourth-order valence-electron chi connectivity index (χ4n) is 2.62. The molecule has 2 rings (SSSR count). The number of fused-ring (bicyclic) bond motifs is 1. The van der Waals surface area contributed by atoms with Crippen molar-refractivity contribution < 1.29 is 5.11 Å². The number of hydrogen-bond donors (Lipinski definition) is 2. The van der Waals surface area contributed by atoms with Gasteiger partial charge in [0.1, 0.15) is 0 Å². The van der Waals surface area contributed by atoms with Crippen LogP contribution < -0.4 is 5.32 Å². The van der Waals surface area contributed by atoms with Gasteiger partial charge < -0.3 is 10.0 Å². The third-order valence-electron chi connectivity index (χ3n) is 3.47. The Morgan fingerprint density at radius 3 is 3.27 bits per heavy atom. The van der Waals surface area contributed by atoms with Crippen LogP contribution in [0.5, 0.6) is 0 Å². The number of allylic oxidation sites excluding steroid dienone is 1. The molecule has 0 aromatic rings. The quantitative estimate of drug-likeness (QED) is 0.737. The third-order valence-corrected chi connectivity index (χ3v) is 3.47. The normalized spacial score (nSPS) is 31.1. The summed E-state index contributed by atoms with van der Waals surface area (Å²) in [6.45, 7) is 2.69. The molecule has 2 aliphatic rings. The molecule has 1 saturated heterocycles. The minimum atomic E-state index is 0.335. The first-order valence-electron chi connectivity index (χ1n) is 6.17. The number of nitrogens with zero attached hydrogens (tertiary/aromatic N) is 1. The van der Waals surface area contributed by atoms with Gasteiger partial charge in [0, 0.05) is 13.2 Å². The van der Waals surface area contributed by atoms with Crippen molar-refractivity contribution in [2.45, 2.75) is 38.3 Å². The van der Waals surface area contributed by atoms with Gasteiger partial charge >= 0.3 is 0 Å².